The van der Waals surface area contributed by atoms with Crippen LogP contribution in [0, 0.1) is 0 Å². The summed E-state index contributed by atoms with van der Waals surface area (Å²) in [6.45, 7) is 9.59. The predicted octanol–water partition coefficient (Wildman–Crippen LogP) is 7.99. The van der Waals surface area contributed by atoms with Crippen LogP contribution in [0.1, 0.15) is 45.4 Å². The van der Waals surface area contributed by atoms with Gasteiger partial charge in [-0.1, -0.05) is 42.1 Å². The van der Waals surface area contributed by atoms with Crippen LogP contribution in [0.3, 0.4) is 0 Å². The minimum absolute atomic E-state index is 0.678. The molecule has 1 aromatic heterocycles. The Balaban J connectivity index is 0.000000127. The summed E-state index contributed by atoms with van der Waals surface area (Å²) in [5, 5.41) is 4.47. The van der Waals surface area contributed by atoms with E-state index in [-0.39, 0.29) is 0 Å². The van der Waals surface area contributed by atoms with Crippen LogP contribution >= 0.6 is 0 Å². The van der Waals surface area contributed by atoms with Crippen molar-refractivity contribution in [2.75, 3.05) is 0 Å². The first-order valence-corrected chi connectivity index (χ1v) is 16.3. The minimum atomic E-state index is -1.17. The molecule has 0 saturated carbocycles. The molecule has 0 spiro atoms. The summed E-state index contributed by atoms with van der Waals surface area (Å²) in [5.74, 6) is 0. The summed E-state index contributed by atoms with van der Waals surface area (Å²) in [5.41, 5.74) is 11.3. The summed E-state index contributed by atoms with van der Waals surface area (Å²) < 4.78 is 3.08. The van der Waals surface area contributed by atoms with E-state index in [9.17, 15) is 0 Å². The number of hydrogen-bond donors (Lipinski definition) is 0. The molecule has 0 radical (unpaired) electrons. The average Bonchev–Trinajstić information content (AvgIpc) is 3.51. The van der Waals surface area contributed by atoms with Gasteiger partial charge < -0.3 is 4.57 Å². The summed E-state index contributed by atoms with van der Waals surface area (Å²) in [4.78, 5) is 0. The molecule has 2 aliphatic carbocycles. The topological polar surface area (TPSA) is 4.93 Å². The fourth-order valence-electron chi connectivity index (χ4n) is 6.41. The first-order chi connectivity index (χ1) is 15.9. The van der Waals surface area contributed by atoms with Crippen molar-refractivity contribution < 1.29 is 24.7 Å². The molecular formula is C30H28NSiZr. The molecule has 33 heavy (non-hydrogen) atoms. The zero-order valence-electron chi connectivity index (χ0n) is 19.7. The second-order valence-corrected chi connectivity index (χ2v) is 16.1. The SMILES string of the molecule is CC1=C2c3ccn(-c4ccccc4)c3C1[Si]2(C)C.CC1=Cc2c(ccc3ccccc23)[CH]1[Zr]. The molecule has 0 N–H and O–H groups in total. The standard InChI is InChI=1S/C16H17NSi.C14H11.Zr/c1-11-15-13-9-10-17(12-7-5-4-6-8-12)14(13)16(11)18(15,2)3;1-10-8-12-7-6-11-4-2-3-5-13(11)14(12)9-10;/h4-10,16H,1-3H3;2-9H,1H3;. The number of fused-ring (bicyclic) bond motifs is 3. The van der Waals surface area contributed by atoms with Gasteiger partial charge in [0.25, 0.3) is 0 Å². The Morgan fingerprint density at radius 1 is 0.848 bits per heavy atom. The van der Waals surface area contributed by atoms with Gasteiger partial charge in [0.2, 0.25) is 0 Å². The molecule has 4 aromatic rings. The maximum atomic E-state index is 2.51. The predicted molar refractivity (Wildman–Crippen MR) is 139 cm³/mol. The molecule has 0 fully saturated rings. The second-order valence-electron chi connectivity index (χ2n) is 10.1. The first kappa shape index (κ1) is 21.3. The fraction of sp³-hybridized carbons (Fsp3) is 0.200. The molecule has 0 saturated heterocycles. The quantitative estimate of drug-likeness (QED) is 0.224. The Morgan fingerprint density at radius 2 is 1.58 bits per heavy atom. The molecule has 0 amide bonds. The van der Waals surface area contributed by atoms with Gasteiger partial charge in [-0.05, 0) is 30.7 Å². The van der Waals surface area contributed by atoms with E-state index in [4.69, 9.17) is 0 Å². The molecule has 2 atom stereocenters. The summed E-state index contributed by atoms with van der Waals surface area (Å²) in [6.07, 6.45) is 4.60. The summed E-state index contributed by atoms with van der Waals surface area (Å²) >= 11 is 1.60. The molecule has 2 aliphatic heterocycles. The van der Waals surface area contributed by atoms with Gasteiger partial charge in [0.1, 0.15) is 0 Å². The van der Waals surface area contributed by atoms with E-state index in [0.717, 1.165) is 5.54 Å². The van der Waals surface area contributed by atoms with E-state index in [1.807, 2.05) is 0 Å². The normalized spacial score (nSPS) is 21.1. The second kappa shape index (κ2) is 7.65. The van der Waals surface area contributed by atoms with Crippen molar-refractivity contribution in [3.63, 3.8) is 0 Å². The van der Waals surface area contributed by atoms with Crippen molar-refractivity contribution >= 4 is 30.1 Å². The number of aromatic nitrogens is 1. The van der Waals surface area contributed by atoms with Crippen LogP contribution in [0.5, 0.6) is 0 Å². The van der Waals surface area contributed by atoms with Gasteiger partial charge in [-0.25, -0.2) is 0 Å². The van der Waals surface area contributed by atoms with Crippen LogP contribution in [0.15, 0.2) is 90.1 Å². The van der Waals surface area contributed by atoms with Gasteiger partial charge in [-0.2, -0.15) is 0 Å². The van der Waals surface area contributed by atoms with Gasteiger partial charge in [-0.15, -0.1) is 0 Å². The zero-order chi connectivity index (χ0) is 22.9. The Labute approximate surface area is 212 Å². The molecule has 2 unspecified atom stereocenters. The van der Waals surface area contributed by atoms with E-state index >= 15 is 0 Å². The van der Waals surface area contributed by atoms with Gasteiger partial charge in [0.05, 0.1) is 8.07 Å². The average molecular weight is 522 g/mol. The fourth-order valence-corrected chi connectivity index (χ4v) is 11.6. The summed E-state index contributed by atoms with van der Waals surface area (Å²) in [7, 11) is -1.17. The van der Waals surface area contributed by atoms with E-state index < -0.39 is 8.07 Å². The van der Waals surface area contributed by atoms with E-state index in [0.29, 0.717) is 3.63 Å². The molecule has 8 rings (SSSR count). The van der Waals surface area contributed by atoms with E-state index in [2.05, 4.69) is 117 Å². The monoisotopic (exact) mass is 520 g/mol. The number of allylic oxidation sites excluding steroid dienone is 2. The number of rotatable bonds is 1. The summed E-state index contributed by atoms with van der Waals surface area (Å²) in [6, 6.07) is 26.2. The zero-order valence-corrected chi connectivity index (χ0v) is 23.1. The molecular weight excluding hydrogens is 494 g/mol. The van der Waals surface area contributed by atoms with Crippen molar-refractivity contribution in [3.05, 3.63) is 113 Å². The van der Waals surface area contributed by atoms with Gasteiger partial charge >= 0.3 is 105 Å². The van der Waals surface area contributed by atoms with Gasteiger partial charge in [0.15, 0.2) is 0 Å². The third-order valence-corrected chi connectivity index (χ3v) is 13.8. The number of hydrogen-bond acceptors (Lipinski definition) is 0. The third kappa shape index (κ3) is 3.05. The number of benzene rings is 3. The van der Waals surface area contributed by atoms with Crippen LogP contribution in [0.4, 0.5) is 0 Å². The molecule has 161 valence electrons. The Kier molecular flexibility index (Phi) is 4.94. The first-order valence-electron chi connectivity index (χ1n) is 11.8. The molecule has 3 aromatic carbocycles. The van der Waals surface area contributed by atoms with E-state index in [1.165, 1.54) is 38.7 Å². The van der Waals surface area contributed by atoms with Crippen LogP contribution in [0.2, 0.25) is 13.1 Å². The van der Waals surface area contributed by atoms with Crippen molar-refractivity contribution in [2.45, 2.75) is 36.1 Å². The Morgan fingerprint density at radius 3 is 2.33 bits per heavy atom. The Hall–Kier alpha value is -2.22. The molecule has 3 heterocycles. The van der Waals surface area contributed by atoms with Gasteiger partial charge in [0, 0.05) is 23.1 Å². The van der Waals surface area contributed by atoms with Crippen LogP contribution in [-0.4, -0.2) is 12.6 Å². The van der Waals surface area contributed by atoms with Crippen molar-refractivity contribution in [3.8, 4) is 5.69 Å². The Bertz CT molecular complexity index is 1470. The van der Waals surface area contributed by atoms with Crippen molar-refractivity contribution in [1.29, 1.82) is 0 Å². The van der Waals surface area contributed by atoms with Crippen LogP contribution in [-0.2, 0) is 24.7 Å². The van der Waals surface area contributed by atoms with Crippen LogP contribution in [0.25, 0.3) is 27.7 Å². The molecule has 2 bridgehead atoms. The van der Waals surface area contributed by atoms with Crippen molar-refractivity contribution in [1.82, 2.24) is 4.57 Å². The number of nitrogens with zero attached hydrogens (tertiary/aromatic N) is 1. The van der Waals surface area contributed by atoms with E-state index in [1.54, 1.807) is 41.2 Å². The molecule has 1 nitrogen and oxygen atoms in total. The maximum absolute atomic E-state index is 2.51. The van der Waals surface area contributed by atoms with Crippen LogP contribution < -0.4 is 0 Å². The number of para-hydroxylation sites is 1. The van der Waals surface area contributed by atoms with Crippen molar-refractivity contribution in [2.24, 2.45) is 0 Å². The third-order valence-electron chi connectivity index (χ3n) is 7.84. The molecule has 4 aliphatic rings. The molecule has 3 heteroatoms. The van der Waals surface area contributed by atoms with Gasteiger partial charge in [-0.3, -0.25) is 0 Å².